The summed E-state index contributed by atoms with van der Waals surface area (Å²) in [6, 6.07) is -0.00407. The number of aryl methyl sites for hydroxylation is 1. The number of thiazole rings is 1. The molecule has 0 spiro atoms. The summed E-state index contributed by atoms with van der Waals surface area (Å²) in [5.74, 6) is 0.186. The minimum Gasteiger partial charge on any atom is -0.313 e. The maximum absolute atomic E-state index is 11.1. The maximum Gasteiger partial charge on any atom is 0.148 e. The van der Waals surface area contributed by atoms with Crippen LogP contribution in [0.4, 0.5) is 0 Å². The zero-order valence-electron chi connectivity index (χ0n) is 10.6. The van der Waals surface area contributed by atoms with E-state index in [4.69, 9.17) is 0 Å². The van der Waals surface area contributed by atoms with Crippen LogP contribution in [-0.2, 0) is 22.7 Å². The Morgan fingerprint density at radius 2 is 2.24 bits per heavy atom. The van der Waals surface area contributed by atoms with Crippen LogP contribution >= 0.6 is 11.3 Å². The number of hydrogen-bond acceptors (Lipinski definition) is 5. The van der Waals surface area contributed by atoms with Crippen LogP contribution in [0, 0.1) is 0 Å². The molecule has 0 saturated heterocycles. The van der Waals surface area contributed by atoms with Crippen LogP contribution in [0.25, 0.3) is 0 Å². The van der Waals surface area contributed by atoms with Crippen molar-refractivity contribution in [1.29, 1.82) is 0 Å². The third kappa shape index (κ3) is 6.14. The molecule has 0 aliphatic heterocycles. The molecule has 6 heteroatoms. The molecule has 0 aliphatic carbocycles. The van der Waals surface area contributed by atoms with Crippen LogP contribution < -0.4 is 5.32 Å². The van der Waals surface area contributed by atoms with Crippen molar-refractivity contribution in [3.63, 3.8) is 0 Å². The molecule has 0 radical (unpaired) electrons. The second kappa shape index (κ2) is 6.47. The zero-order valence-corrected chi connectivity index (χ0v) is 12.2. The molecule has 0 amide bonds. The molecule has 17 heavy (non-hydrogen) atoms. The second-order valence-corrected chi connectivity index (χ2v) is 7.41. The van der Waals surface area contributed by atoms with E-state index < -0.39 is 9.84 Å². The van der Waals surface area contributed by atoms with E-state index in [9.17, 15) is 8.42 Å². The molecule has 0 bridgehead atoms. The minimum absolute atomic E-state index is 0.00407. The highest BCUT2D eigenvalue weighted by molar-refractivity contribution is 7.90. The predicted molar refractivity (Wildman–Crippen MR) is 72.4 cm³/mol. The summed E-state index contributed by atoms with van der Waals surface area (Å²) in [6.07, 6.45) is 3.09. The van der Waals surface area contributed by atoms with Crippen LogP contribution in [-0.4, -0.2) is 38.0 Å². The van der Waals surface area contributed by atoms with Crippen LogP contribution in [0.3, 0.4) is 0 Å². The summed E-state index contributed by atoms with van der Waals surface area (Å²) in [5.41, 5.74) is 1.13. The Kier molecular flexibility index (Phi) is 5.55. The highest BCUT2D eigenvalue weighted by Crippen LogP contribution is 2.10. The fourth-order valence-electron chi connectivity index (χ4n) is 1.56. The molecule has 4 nitrogen and oxygen atoms in total. The first-order valence-corrected chi connectivity index (χ1v) is 8.69. The van der Waals surface area contributed by atoms with E-state index in [0.717, 1.165) is 30.1 Å². The Bertz CT molecular complexity index is 440. The van der Waals surface area contributed by atoms with Crippen molar-refractivity contribution < 1.29 is 8.42 Å². The Morgan fingerprint density at radius 3 is 2.76 bits per heavy atom. The van der Waals surface area contributed by atoms with E-state index in [2.05, 4.69) is 22.6 Å². The van der Waals surface area contributed by atoms with E-state index in [-0.39, 0.29) is 11.8 Å². The van der Waals surface area contributed by atoms with Crippen molar-refractivity contribution in [2.24, 2.45) is 0 Å². The van der Waals surface area contributed by atoms with Gasteiger partial charge in [0.2, 0.25) is 0 Å². The van der Waals surface area contributed by atoms with Gasteiger partial charge in [-0.25, -0.2) is 13.4 Å². The molecule has 0 aliphatic rings. The van der Waals surface area contributed by atoms with Gasteiger partial charge in [-0.1, -0.05) is 6.92 Å². The zero-order chi connectivity index (χ0) is 12.9. The van der Waals surface area contributed by atoms with Crippen molar-refractivity contribution in [2.45, 2.75) is 32.7 Å². The van der Waals surface area contributed by atoms with Crippen LogP contribution in [0.15, 0.2) is 5.38 Å². The number of nitrogens with zero attached hydrogens (tertiary/aromatic N) is 1. The smallest absolute Gasteiger partial charge is 0.148 e. The van der Waals surface area contributed by atoms with Crippen molar-refractivity contribution in [2.75, 3.05) is 18.6 Å². The molecule has 0 unspecified atom stereocenters. The molecule has 0 fully saturated rings. The van der Waals surface area contributed by atoms with Crippen molar-refractivity contribution in [3.05, 3.63) is 16.1 Å². The summed E-state index contributed by atoms with van der Waals surface area (Å²) >= 11 is 1.67. The lowest BCUT2D eigenvalue weighted by molar-refractivity contribution is 0.561. The number of rotatable bonds is 7. The molecule has 0 aromatic carbocycles. The number of nitrogens with one attached hydrogen (secondary N) is 1. The summed E-state index contributed by atoms with van der Waals surface area (Å²) in [5, 5.41) is 6.39. The fourth-order valence-corrected chi connectivity index (χ4v) is 3.47. The van der Waals surface area contributed by atoms with Gasteiger partial charge in [-0.3, -0.25) is 0 Å². The van der Waals surface area contributed by atoms with Gasteiger partial charge in [-0.15, -0.1) is 11.3 Å². The first kappa shape index (κ1) is 14.6. The van der Waals surface area contributed by atoms with Gasteiger partial charge in [0.25, 0.3) is 0 Å². The molecule has 1 heterocycles. The summed E-state index contributed by atoms with van der Waals surface area (Å²) in [7, 11) is -2.89. The summed E-state index contributed by atoms with van der Waals surface area (Å²) < 4.78 is 22.1. The van der Waals surface area contributed by atoms with Gasteiger partial charge in [-0.05, 0) is 13.3 Å². The fraction of sp³-hybridized carbons (Fsp3) is 0.727. The molecule has 1 aromatic rings. The number of sulfone groups is 1. The summed E-state index contributed by atoms with van der Waals surface area (Å²) in [4.78, 5) is 4.46. The SMILES string of the molecule is CCc1csc(CCN[C@H](C)CS(C)(=O)=O)n1. The van der Waals surface area contributed by atoms with Gasteiger partial charge in [0.05, 0.1) is 16.5 Å². The average Bonchev–Trinajstić information content (AvgIpc) is 2.63. The first-order chi connectivity index (χ1) is 7.90. The van der Waals surface area contributed by atoms with Gasteiger partial charge in [-0.2, -0.15) is 0 Å². The number of aromatic nitrogens is 1. The van der Waals surface area contributed by atoms with E-state index in [1.807, 2.05) is 6.92 Å². The lowest BCUT2D eigenvalue weighted by Gasteiger charge is -2.11. The molecule has 98 valence electrons. The standard InChI is InChI=1S/C11H20N2O2S2/c1-4-10-7-16-11(13-10)5-6-12-9(2)8-17(3,14)15/h7,9,12H,4-6,8H2,1-3H3/t9-/m1/s1. The molecule has 1 N–H and O–H groups in total. The van der Waals surface area contributed by atoms with Crippen LogP contribution in [0.2, 0.25) is 0 Å². The van der Waals surface area contributed by atoms with E-state index in [1.54, 1.807) is 11.3 Å². The average molecular weight is 276 g/mol. The molecular weight excluding hydrogens is 256 g/mol. The van der Waals surface area contributed by atoms with Crippen LogP contribution in [0.1, 0.15) is 24.5 Å². The quantitative estimate of drug-likeness (QED) is 0.815. The Labute approximate surface area is 107 Å². The second-order valence-electron chi connectivity index (χ2n) is 4.28. The first-order valence-electron chi connectivity index (χ1n) is 5.75. The number of hydrogen-bond donors (Lipinski definition) is 1. The molecule has 1 atom stereocenters. The van der Waals surface area contributed by atoms with Crippen molar-refractivity contribution in [1.82, 2.24) is 10.3 Å². The van der Waals surface area contributed by atoms with E-state index >= 15 is 0 Å². The maximum atomic E-state index is 11.1. The third-order valence-electron chi connectivity index (χ3n) is 2.35. The molecule has 1 aromatic heterocycles. The van der Waals surface area contributed by atoms with Gasteiger partial charge < -0.3 is 5.32 Å². The Morgan fingerprint density at radius 1 is 1.53 bits per heavy atom. The monoisotopic (exact) mass is 276 g/mol. The van der Waals surface area contributed by atoms with Gasteiger partial charge >= 0.3 is 0 Å². The van der Waals surface area contributed by atoms with Crippen molar-refractivity contribution in [3.8, 4) is 0 Å². The largest absolute Gasteiger partial charge is 0.313 e. The highest BCUT2D eigenvalue weighted by Gasteiger charge is 2.09. The third-order valence-corrected chi connectivity index (χ3v) is 4.41. The molecule has 1 rings (SSSR count). The molecular formula is C11H20N2O2S2. The van der Waals surface area contributed by atoms with E-state index in [1.165, 1.54) is 6.26 Å². The normalized spacial score (nSPS) is 13.8. The van der Waals surface area contributed by atoms with Gasteiger partial charge in [0.1, 0.15) is 9.84 Å². The van der Waals surface area contributed by atoms with Crippen molar-refractivity contribution >= 4 is 21.2 Å². The van der Waals surface area contributed by atoms with E-state index in [0.29, 0.717) is 0 Å². The lowest BCUT2D eigenvalue weighted by atomic mass is 10.3. The Balaban J connectivity index is 2.28. The Hall–Kier alpha value is -0.460. The van der Waals surface area contributed by atoms with Gasteiger partial charge in [0.15, 0.2) is 0 Å². The topological polar surface area (TPSA) is 59.1 Å². The summed E-state index contributed by atoms with van der Waals surface area (Å²) in [6.45, 7) is 4.75. The minimum atomic E-state index is -2.89. The van der Waals surface area contributed by atoms with Crippen LogP contribution in [0.5, 0.6) is 0 Å². The van der Waals surface area contributed by atoms with Gasteiger partial charge in [0, 0.05) is 30.6 Å². The highest BCUT2D eigenvalue weighted by atomic mass is 32.2. The lowest BCUT2D eigenvalue weighted by Crippen LogP contribution is -2.34. The predicted octanol–water partition coefficient (Wildman–Crippen LogP) is 1.27. The molecule has 0 saturated carbocycles.